The second-order valence-electron chi connectivity index (χ2n) is 5.82. The lowest BCUT2D eigenvalue weighted by molar-refractivity contribution is 0.462. The number of nitrogens with one attached hydrogen (secondary N) is 1. The lowest BCUT2D eigenvalue weighted by atomic mass is 10.1. The van der Waals surface area contributed by atoms with Crippen molar-refractivity contribution in [3.63, 3.8) is 0 Å². The summed E-state index contributed by atoms with van der Waals surface area (Å²) in [5.41, 5.74) is 2.30. The van der Waals surface area contributed by atoms with Gasteiger partial charge in [0.15, 0.2) is 0 Å². The van der Waals surface area contributed by atoms with Gasteiger partial charge in [-0.3, -0.25) is 0 Å². The van der Waals surface area contributed by atoms with E-state index in [1.54, 1.807) is 11.0 Å². The van der Waals surface area contributed by atoms with E-state index in [1.807, 2.05) is 0 Å². The topological polar surface area (TPSA) is 55.6 Å². The van der Waals surface area contributed by atoms with Gasteiger partial charge in [0.2, 0.25) is 0 Å². The van der Waals surface area contributed by atoms with Gasteiger partial charge in [-0.15, -0.1) is 5.10 Å². The zero-order valence-corrected chi connectivity index (χ0v) is 14.0. The summed E-state index contributed by atoms with van der Waals surface area (Å²) in [5, 5.41) is 15.9. The zero-order valence-electron chi connectivity index (χ0n) is 13.1. The number of rotatable bonds is 6. The Morgan fingerprint density at radius 3 is 2.82 bits per heavy atom. The van der Waals surface area contributed by atoms with Crippen molar-refractivity contribution in [2.45, 2.75) is 50.4 Å². The van der Waals surface area contributed by atoms with Gasteiger partial charge in [-0.25, -0.2) is 4.68 Å². The molecule has 5 nitrogen and oxygen atoms in total. The third-order valence-electron chi connectivity index (χ3n) is 4.28. The quantitative estimate of drug-likeness (QED) is 0.887. The van der Waals surface area contributed by atoms with Gasteiger partial charge in [-0.1, -0.05) is 19.1 Å². The molecule has 3 rings (SSSR count). The zero-order chi connectivity index (χ0) is 15.4. The van der Waals surface area contributed by atoms with Gasteiger partial charge in [-0.05, 0) is 60.1 Å². The van der Waals surface area contributed by atoms with E-state index in [-0.39, 0.29) is 0 Å². The normalized spacial score (nSPS) is 22.8. The van der Waals surface area contributed by atoms with E-state index < -0.39 is 0 Å². The number of aromatic nitrogens is 4. The molecule has 118 valence electrons. The van der Waals surface area contributed by atoms with Gasteiger partial charge in [0.05, 0.1) is 5.69 Å². The summed E-state index contributed by atoms with van der Waals surface area (Å²) in [5.74, 6) is 1.23. The molecule has 2 aromatic rings. The van der Waals surface area contributed by atoms with Crippen molar-refractivity contribution >= 4 is 11.8 Å². The largest absolute Gasteiger partial charge is 0.307 e. The Hall–Kier alpha value is -1.40. The molecule has 0 radical (unpaired) electrons. The Kier molecular flexibility index (Phi) is 5.10. The van der Waals surface area contributed by atoms with Crippen LogP contribution in [0.25, 0.3) is 5.69 Å². The summed E-state index contributed by atoms with van der Waals surface area (Å²) in [6.45, 7) is 4.49. The predicted octanol–water partition coefficient (Wildman–Crippen LogP) is 2.99. The minimum absolute atomic E-state index is 0.373. The smallest absolute Gasteiger partial charge is 0.143 e. The van der Waals surface area contributed by atoms with E-state index in [4.69, 9.17) is 0 Å². The highest BCUT2D eigenvalue weighted by molar-refractivity contribution is 7.99. The Morgan fingerprint density at radius 1 is 1.32 bits per heavy atom. The number of benzene rings is 1. The number of thioether (sulfide) groups is 1. The summed E-state index contributed by atoms with van der Waals surface area (Å²) in [4.78, 5) is 0. The standard InChI is InChI=1S/C16H23N5S/c1-3-22-16-9-6-14(10-16)18-12(2)13-4-7-15(8-5-13)21-11-17-19-20-21/h4-5,7-8,11-12,14,16,18H,3,6,9-10H2,1-2H3/t12-,14-,16-/m1/s1. The second-order valence-corrected chi connectivity index (χ2v) is 7.40. The lowest BCUT2D eigenvalue weighted by Crippen LogP contribution is -2.29. The minimum atomic E-state index is 0.373. The van der Waals surface area contributed by atoms with Gasteiger partial charge in [0.1, 0.15) is 6.33 Å². The Morgan fingerprint density at radius 2 is 2.14 bits per heavy atom. The van der Waals surface area contributed by atoms with Crippen molar-refractivity contribution in [1.29, 1.82) is 0 Å². The molecule has 0 unspecified atom stereocenters. The highest BCUT2D eigenvalue weighted by Crippen LogP contribution is 2.31. The van der Waals surface area contributed by atoms with Crippen LogP contribution in [0.2, 0.25) is 0 Å². The van der Waals surface area contributed by atoms with Crippen molar-refractivity contribution in [3.05, 3.63) is 36.2 Å². The number of hydrogen-bond donors (Lipinski definition) is 1. The van der Waals surface area contributed by atoms with Gasteiger partial charge in [-0.2, -0.15) is 11.8 Å². The third-order valence-corrected chi connectivity index (χ3v) is 5.51. The van der Waals surface area contributed by atoms with Crippen molar-refractivity contribution in [1.82, 2.24) is 25.5 Å². The van der Waals surface area contributed by atoms with Crippen LogP contribution < -0.4 is 5.32 Å². The Labute approximate surface area is 135 Å². The molecule has 1 fully saturated rings. The summed E-state index contributed by atoms with van der Waals surface area (Å²) in [6, 6.07) is 9.46. The van der Waals surface area contributed by atoms with Crippen molar-refractivity contribution in [2.24, 2.45) is 0 Å². The highest BCUT2D eigenvalue weighted by Gasteiger charge is 2.25. The average Bonchev–Trinajstić information content (AvgIpc) is 3.20. The first-order valence-electron chi connectivity index (χ1n) is 7.97. The molecule has 22 heavy (non-hydrogen) atoms. The van der Waals surface area contributed by atoms with Crippen LogP contribution in [0.4, 0.5) is 0 Å². The maximum absolute atomic E-state index is 3.91. The summed E-state index contributed by atoms with van der Waals surface area (Å²) in [6.07, 6.45) is 5.55. The molecule has 1 aliphatic rings. The molecule has 6 heteroatoms. The van der Waals surface area contributed by atoms with Crippen LogP contribution in [-0.4, -0.2) is 37.3 Å². The fourth-order valence-electron chi connectivity index (χ4n) is 3.12. The van der Waals surface area contributed by atoms with Gasteiger partial charge in [0.25, 0.3) is 0 Å². The van der Waals surface area contributed by atoms with Gasteiger partial charge >= 0.3 is 0 Å². The molecule has 0 saturated heterocycles. The first kappa shape index (κ1) is 15.5. The highest BCUT2D eigenvalue weighted by atomic mass is 32.2. The monoisotopic (exact) mass is 317 g/mol. The molecule has 0 amide bonds. The SMILES string of the molecule is CCS[C@@H]1CC[C@@H](N[C@H](C)c2ccc(-n3cnnn3)cc2)C1. The molecular formula is C16H23N5S. The summed E-state index contributed by atoms with van der Waals surface area (Å²) < 4.78 is 1.67. The van der Waals surface area contributed by atoms with Crippen LogP contribution in [0, 0.1) is 0 Å². The summed E-state index contributed by atoms with van der Waals surface area (Å²) >= 11 is 2.10. The molecule has 1 heterocycles. The summed E-state index contributed by atoms with van der Waals surface area (Å²) in [7, 11) is 0. The predicted molar refractivity (Wildman–Crippen MR) is 90.3 cm³/mol. The average molecular weight is 317 g/mol. The third kappa shape index (κ3) is 3.67. The first-order valence-corrected chi connectivity index (χ1v) is 9.02. The molecule has 0 bridgehead atoms. The molecule has 0 aliphatic heterocycles. The van der Waals surface area contributed by atoms with Crippen LogP contribution in [-0.2, 0) is 0 Å². The Bertz CT molecular complexity index is 569. The van der Waals surface area contributed by atoms with Crippen molar-refractivity contribution in [3.8, 4) is 5.69 Å². The molecule has 1 aliphatic carbocycles. The van der Waals surface area contributed by atoms with Crippen molar-refractivity contribution in [2.75, 3.05) is 5.75 Å². The van der Waals surface area contributed by atoms with Gasteiger partial charge in [0, 0.05) is 17.3 Å². The van der Waals surface area contributed by atoms with E-state index >= 15 is 0 Å². The van der Waals surface area contributed by atoms with Crippen LogP contribution >= 0.6 is 11.8 Å². The molecule has 0 spiro atoms. The van der Waals surface area contributed by atoms with E-state index in [1.165, 1.54) is 30.6 Å². The molecule has 1 aromatic heterocycles. The van der Waals surface area contributed by atoms with E-state index in [0.717, 1.165) is 10.9 Å². The molecule has 3 atom stereocenters. The minimum Gasteiger partial charge on any atom is -0.307 e. The molecule has 1 aromatic carbocycles. The fourth-order valence-corrected chi connectivity index (χ4v) is 4.27. The van der Waals surface area contributed by atoms with Crippen LogP contribution in [0.1, 0.15) is 44.7 Å². The van der Waals surface area contributed by atoms with Gasteiger partial charge < -0.3 is 5.32 Å². The lowest BCUT2D eigenvalue weighted by Gasteiger charge is -2.20. The Balaban J connectivity index is 1.57. The maximum atomic E-state index is 3.91. The van der Waals surface area contributed by atoms with Crippen LogP contribution in [0.5, 0.6) is 0 Å². The fraction of sp³-hybridized carbons (Fsp3) is 0.562. The first-order chi connectivity index (χ1) is 10.8. The van der Waals surface area contributed by atoms with E-state index in [9.17, 15) is 0 Å². The van der Waals surface area contributed by atoms with E-state index in [0.29, 0.717) is 12.1 Å². The van der Waals surface area contributed by atoms with E-state index in [2.05, 4.69) is 70.7 Å². The van der Waals surface area contributed by atoms with Crippen LogP contribution in [0.3, 0.4) is 0 Å². The van der Waals surface area contributed by atoms with Crippen LogP contribution in [0.15, 0.2) is 30.6 Å². The maximum Gasteiger partial charge on any atom is 0.143 e. The molecule has 1 saturated carbocycles. The second kappa shape index (κ2) is 7.24. The van der Waals surface area contributed by atoms with Crippen molar-refractivity contribution < 1.29 is 0 Å². The number of tetrazole rings is 1. The number of hydrogen-bond acceptors (Lipinski definition) is 5. The molecular weight excluding hydrogens is 294 g/mol. The number of nitrogens with zero attached hydrogens (tertiary/aromatic N) is 4. The molecule has 1 N–H and O–H groups in total.